The van der Waals surface area contributed by atoms with Gasteiger partial charge in [-0.1, -0.05) is 66.6 Å². The van der Waals surface area contributed by atoms with E-state index in [1.54, 1.807) is 48.2 Å². The minimum atomic E-state index is -4.64. The zero-order chi connectivity index (χ0) is 55.9. The van der Waals surface area contributed by atoms with Crippen LogP contribution in [0.15, 0.2) is 146 Å². The van der Waals surface area contributed by atoms with E-state index in [0.717, 1.165) is 29.5 Å². The van der Waals surface area contributed by atoms with Gasteiger partial charge >= 0.3 is 18.3 Å². The molecule has 0 atom stereocenters. The van der Waals surface area contributed by atoms with E-state index in [9.17, 15) is 55.1 Å². The van der Waals surface area contributed by atoms with E-state index in [1.165, 1.54) is 62.7 Å². The maximum Gasteiger partial charge on any atom is 0.417 e. The van der Waals surface area contributed by atoms with Gasteiger partial charge in [0.2, 0.25) is 11.8 Å². The number of nitrogens with one attached hydrogen (secondary N) is 1. The molecule has 2 fully saturated rings. The number of benzene rings is 6. The van der Waals surface area contributed by atoms with Gasteiger partial charge in [-0.15, -0.1) is 0 Å². The number of aromatic carboxylic acids is 1. The second-order valence-corrected chi connectivity index (χ2v) is 17.7. The first-order valence-corrected chi connectivity index (χ1v) is 24.3. The van der Waals surface area contributed by atoms with Gasteiger partial charge in [0.1, 0.15) is 23.0 Å². The number of carbonyl (C=O) groups is 6. The van der Waals surface area contributed by atoms with E-state index < -0.39 is 52.7 Å². The number of carboxylic acids is 1. The molecular weight excluding hydrogens is 1010 g/mol. The number of carboxylic acid groups (broad SMARTS) is 1. The molecule has 0 aliphatic carbocycles. The second kappa shape index (κ2) is 26.2. The normalized spacial score (nSPS) is 13.5. The van der Waals surface area contributed by atoms with Gasteiger partial charge in [-0.2, -0.15) is 26.3 Å². The van der Waals surface area contributed by atoms with Crippen LogP contribution in [-0.4, -0.2) is 119 Å². The highest BCUT2D eigenvalue weighted by atomic mass is 19.4. The van der Waals surface area contributed by atoms with Gasteiger partial charge in [-0.25, -0.2) is 4.79 Å². The molecule has 0 saturated carbocycles. The smallest absolute Gasteiger partial charge is 0.417 e. The number of piperazine rings is 2. The molecule has 77 heavy (non-hydrogen) atoms. The number of carbonyl (C=O) groups excluding carboxylic acids is 5. The summed E-state index contributed by atoms with van der Waals surface area (Å²) >= 11 is 0. The SMILES string of the molecule is CCC(=O)N1CCN(C(=O)c2ccccc2C(F)(F)F)CC1.Cc1ccc(Oc2ccc(C(=O)NCC(=O)N3CCN(C(=O)c4ccccc4C(F)(F)F)CC3)cc2)cc1.Cc1ccc(Oc2ccc(C(=O)O)cc2)cc1. The Labute approximate surface area is 440 Å². The minimum absolute atomic E-state index is 0.0113. The summed E-state index contributed by atoms with van der Waals surface area (Å²) in [5, 5.41) is 11.3. The lowest BCUT2D eigenvalue weighted by molar-refractivity contribution is -0.138. The molecule has 5 amide bonds. The first kappa shape index (κ1) is 57.6. The summed E-state index contributed by atoms with van der Waals surface area (Å²) in [6, 6.07) is 37.5. The Kier molecular flexibility index (Phi) is 19.6. The molecule has 20 heteroatoms. The largest absolute Gasteiger partial charge is 0.478 e. The fourth-order valence-electron chi connectivity index (χ4n) is 7.91. The third-order valence-electron chi connectivity index (χ3n) is 12.2. The summed E-state index contributed by atoms with van der Waals surface area (Å²) < 4.78 is 90.0. The molecule has 0 aromatic heterocycles. The number of halogens is 6. The van der Waals surface area contributed by atoms with Gasteiger partial charge in [0.05, 0.1) is 34.4 Å². The Morgan fingerprint density at radius 2 is 0.792 bits per heavy atom. The van der Waals surface area contributed by atoms with Crippen LogP contribution >= 0.6 is 0 Å². The Balaban J connectivity index is 0.000000207. The molecule has 2 saturated heterocycles. The predicted octanol–water partition coefficient (Wildman–Crippen LogP) is 10.4. The van der Waals surface area contributed by atoms with Crippen molar-refractivity contribution in [3.8, 4) is 23.0 Å². The standard InChI is InChI=1S/C28H26F3N3O4.C15H17F3N2O2.C14H12O3/c1-19-6-10-21(11-7-19)38-22-12-8-20(9-13-22)26(36)32-18-25(35)33-14-16-34(17-15-33)27(37)23-4-2-3-5-24(23)28(29,30)31;1-2-13(21)19-7-9-20(10-8-19)14(22)11-5-3-4-6-12(11)15(16,17)18;1-10-2-6-12(7-3-10)17-13-8-4-11(5-9-13)14(15)16/h2-13H,14-18H2,1H3,(H,32,36);3-6H,2,7-10H2,1H3;2-9H,1H3,(H,15,16). The van der Waals surface area contributed by atoms with Crippen LogP contribution in [0.3, 0.4) is 0 Å². The van der Waals surface area contributed by atoms with Crippen molar-refractivity contribution in [3.05, 3.63) is 190 Å². The van der Waals surface area contributed by atoms with Gasteiger partial charge < -0.3 is 39.5 Å². The lowest BCUT2D eigenvalue weighted by Crippen LogP contribution is -2.52. The van der Waals surface area contributed by atoms with Crippen LogP contribution in [0.4, 0.5) is 26.3 Å². The molecule has 14 nitrogen and oxygen atoms in total. The second-order valence-electron chi connectivity index (χ2n) is 17.7. The van der Waals surface area contributed by atoms with Gasteiger partial charge in [-0.3, -0.25) is 24.0 Å². The number of ether oxygens (including phenoxy) is 2. The zero-order valence-corrected chi connectivity index (χ0v) is 42.2. The Hall–Kier alpha value is -8.68. The summed E-state index contributed by atoms with van der Waals surface area (Å²) in [4.78, 5) is 78.1. The summed E-state index contributed by atoms with van der Waals surface area (Å²) in [6.45, 7) is 7.17. The van der Waals surface area contributed by atoms with Crippen LogP contribution in [0.1, 0.15) is 77.0 Å². The lowest BCUT2D eigenvalue weighted by Gasteiger charge is -2.35. The number of aryl methyl sites for hydroxylation is 2. The van der Waals surface area contributed by atoms with E-state index in [0.29, 0.717) is 42.3 Å². The summed E-state index contributed by atoms with van der Waals surface area (Å²) in [7, 11) is 0. The highest BCUT2D eigenvalue weighted by Crippen LogP contribution is 2.34. The van der Waals surface area contributed by atoms with Crippen molar-refractivity contribution in [1.29, 1.82) is 0 Å². The number of hydrogen-bond donors (Lipinski definition) is 2. The van der Waals surface area contributed by atoms with Crippen molar-refractivity contribution in [2.75, 3.05) is 58.9 Å². The topological polar surface area (TPSA) is 166 Å². The Morgan fingerprint density at radius 1 is 0.468 bits per heavy atom. The average molecular weight is 1070 g/mol. The molecule has 0 unspecified atom stereocenters. The fraction of sp³-hybridized carbons (Fsp3) is 0.263. The molecule has 2 N–H and O–H groups in total. The van der Waals surface area contributed by atoms with Crippen LogP contribution in [0.2, 0.25) is 0 Å². The first-order chi connectivity index (χ1) is 36.6. The van der Waals surface area contributed by atoms with Gasteiger partial charge in [0.15, 0.2) is 0 Å². The average Bonchev–Trinajstić information content (AvgIpc) is 3.43. The highest BCUT2D eigenvalue weighted by molar-refractivity contribution is 5.98. The zero-order valence-electron chi connectivity index (χ0n) is 42.2. The van der Waals surface area contributed by atoms with Crippen molar-refractivity contribution in [2.45, 2.75) is 39.5 Å². The Bertz CT molecular complexity index is 2990. The predicted molar refractivity (Wildman–Crippen MR) is 273 cm³/mol. The molecule has 0 radical (unpaired) electrons. The third kappa shape index (κ3) is 16.4. The first-order valence-electron chi connectivity index (χ1n) is 24.3. The quantitative estimate of drug-likeness (QED) is 0.120. The number of rotatable bonds is 11. The van der Waals surface area contributed by atoms with E-state index in [4.69, 9.17) is 14.6 Å². The van der Waals surface area contributed by atoms with Crippen LogP contribution < -0.4 is 14.8 Å². The molecule has 0 spiro atoms. The van der Waals surface area contributed by atoms with E-state index in [-0.39, 0.29) is 68.8 Å². The van der Waals surface area contributed by atoms with Crippen molar-refractivity contribution in [3.63, 3.8) is 0 Å². The summed E-state index contributed by atoms with van der Waals surface area (Å²) in [5.41, 5.74) is 0.217. The van der Waals surface area contributed by atoms with E-state index in [1.807, 2.05) is 62.4 Å². The van der Waals surface area contributed by atoms with Crippen LogP contribution in [0, 0.1) is 13.8 Å². The Morgan fingerprint density at radius 3 is 1.14 bits per heavy atom. The van der Waals surface area contributed by atoms with Crippen LogP contribution in [0.5, 0.6) is 23.0 Å². The minimum Gasteiger partial charge on any atom is -0.478 e. The van der Waals surface area contributed by atoms with Crippen molar-refractivity contribution >= 4 is 35.5 Å². The molecule has 2 aliphatic heterocycles. The molecule has 6 aromatic rings. The highest BCUT2D eigenvalue weighted by Gasteiger charge is 2.38. The van der Waals surface area contributed by atoms with Crippen molar-refractivity contribution in [1.82, 2.24) is 24.9 Å². The molecular formula is C57H55F6N5O9. The van der Waals surface area contributed by atoms with E-state index in [2.05, 4.69) is 5.32 Å². The molecule has 6 aromatic carbocycles. The summed E-state index contributed by atoms with van der Waals surface area (Å²) in [6.07, 6.45) is -8.83. The summed E-state index contributed by atoms with van der Waals surface area (Å²) in [5.74, 6) is -0.508. The van der Waals surface area contributed by atoms with Gasteiger partial charge in [0.25, 0.3) is 17.7 Å². The monoisotopic (exact) mass is 1070 g/mol. The van der Waals surface area contributed by atoms with Gasteiger partial charge in [0, 0.05) is 64.3 Å². The molecule has 0 bridgehead atoms. The molecule has 8 rings (SSSR count). The fourth-order valence-corrected chi connectivity index (χ4v) is 7.91. The van der Waals surface area contributed by atoms with Gasteiger partial charge in [-0.05, 0) is 111 Å². The maximum absolute atomic E-state index is 13.3. The third-order valence-corrected chi connectivity index (χ3v) is 12.2. The maximum atomic E-state index is 13.3. The molecule has 2 heterocycles. The van der Waals surface area contributed by atoms with Crippen molar-refractivity contribution < 1.29 is 69.7 Å². The van der Waals surface area contributed by atoms with Crippen molar-refractivity contribution in [2.24, 2.45) is 0 Å². The number of hydrogen-bond acceptors (Lipinski definition) is 8. The molecule has 2 aliphatic rings. The van der Waals surface area contributed by atoms with Crippen LogP contribution in [-0.2, 0) is 21.9 Å². The molecule has 404 valence electrons. The lowest BCUT2D eigenvalue weighted by atomic mass is 10.1. The van der Waals surface area contributed by atoms with E-state index >= 15 is 0 Å². The number of nitrogens with zero attached hydrogens (tertiary/aromatic N) is 4. The number of amides is 5. The number of alkyl halides is 6. The van der Waals surface area contributed by atoms with Crippen LogP contribution in [0.25, 0.3) is 0 Å².